The van der Waals surface area contributed by atoms with Crippen molar-refractivity contribution in [1.29, 1.82) is 0 Å². The van der Waals surface area contributed by atoms with Crippen molar-refractivity contribution < 1.29 is 33.7 Å². The molecule has 2 aliphatic rings. The second kappa shape index (κ2) is 18.0. The van der Waals surface area contributed by atoms with E-state index in [1.165, 1.54) is 18.9 Å². The Balaban J connectivity index is 0.00000161. The van der Waals surface area contributed by atoms with Crippen LogP contribution in [-0.4, -0.2) is 36.7 Å². The Kier molecular flexibility index (Phi) is 15.5. The number of allylic oxidation sites excluding steroid dienone is 4. The molecule has 0 aromatic rings. The van der Waals surface area contributed by atoms with Gasteiger partial charge in [0.1, 0.15) is 5.76 Å². The molecule has 0 bridgehead atoms. The summed E-state index contributed by atoms with van der Waals surface area (Å²) in [6.45, 7) is 4.33. The molecular formula is C25H38O7. The van der Waals surface area contributed by atoms with Crippen LogP contribution in [0.15, 0.2) is 36.3 Å². The fraction of sp³-hybridized carbons (Fsp3) is 0.640. The first kappa shape index (κ1) is 27.5. The molecule has 0 heterocycles. The van der Waals surface area contributed by atoms with E-state index in [9.17, 15) is 9.59 Å². The molecular weight excluding hydrogens is 412 g/mol. The summed E-state index contributed by atoms with van der Waals surface area (Å²) >= 11 is 0. The molecule has 0 aromatic heterocycles. The number of carboxylic acid groups (broad SMARTS) is 1. The van der Waals surface area contributed by atoms with Crippen LogP contribution in [-0.2, 0) is 28.6 Å². The highest BCUT2D eigenvalue weighted by Gasteiger charge is 2.24. The van der Waals surface area contributed by atoms with E-state index in [4.69, 9.17) is 24.1 Å². The van der Waals surface area contributed by atoms with Gasteiger partial charge in [-0.1, -0.05) is 51.5 Å². The van der Waals surface area contributed by atoms with E-state index >= 15 is 0 Å². The van der Waals surface area contributed by atoms with Gasteiger partial charge in [0.05, 0.1) is 24.9 Å². The van der Waals surface area contributed by atoms with Crippen LogP contribution in [0.3, 0.4) is 0 Å². The minimum atomic E-state index is -0.344. The van der Waals surface area contributed by atoms with E-state index < -0.39 is 0 Å². The van der Waals surface area contributed by atoms with Gasteiger partial charge in [0.25, 0.3) is 6.47 Å². The van der Waals surface area contributed by atoms with Gasteiger partial charge in [-0.2, -0.15) is 0 Å². The Labute approximate surface area is 191 Å². The smallest absolute Gasteiger partial charge is 0.330 e. The number of hydrogen-bond acceptors (Lipinski definition) is 6. The number of hydrogen-bond donors (Lipinski definition) is 1. The molecule has 0 amide bonds. The highest BCUT2D eigenvalue weighted by molar-refractivity contribution is 5.81. The molecule has 7 nitrogen and oxygen atoms in total. The molecule has 0 unspecified atom stereocenters. The minimum Gasteiger partial charge on any atom is -0.498 e. The molecule has 180 valence electrons. The molecule has 0 spiro atoms. The van der Waals surface area contributed by atoms with Crippen molar-refractivity contribution in [2.24, 2.45) is 5.92 Å². The van der Waals surface area contributed by atoms with Crippen LogP contribution < -0.4 is 0 Å². The monoisotopic (exact) mass is 450 g/mol. The number of rotatable bonds is 13. The molecule has 2 rings (SSSR count). The third-order valence-electron chi connectivity index (χ3n) is 5.48. The lowest BCUT2D eigenvalue weighted by molar-refractivity contribution is -0.145. The van der Waals surface area contributed by atoms with Crippen LogP contribution in [0, 0.1) is 5.92 Å². The van der Waals surface area contributed by atoms with Crippen LogP contribution >= 0.6 is 0 Å². The summed E-state index contributed by atoms with van der Waals surface area (Å²) in [4.78, 5) is 31.5. The van der Waals surface area contributed by atoms with Crippen molar-refractivity contribution in [3.8, 4) is 0 Å². The lowest BCUT2D eigenvalue weighted by atomic mass is 9.89. The van der Waals surface area contributed by atoms with E-state index in [0.29, 0.717) is 6.61 Å². The summed E-state index contributed by atoms with van der Waals surface area (Å²) in [7, 11) is 0. The van der Waals surface area contributed by atoms with E-state index in [2.05, 4.69) is 6.58 Å². The molecule has 0 atom stereocenters. The first-order valence-electron chi connectivity index (χ1n) is 11.7. The summed E-state index contributed by atoms with van der Waals surface area (Å²) in [5.41, 5.74) is 0. The Hall–Kier alpha value is -2.57. The highest BCUT2D eigenvalue weighted by atomic mass is 16.5. The molecule has 2 aliphatic carbocycles. The van der Waals surface area contributed by atoms with Crippen molar-refractivity contribution in [3.63, 3.8) is 0 Å². The second-order valence-electron chi connectivity index (χ2n) is 7.97. The lowest BCUT2D eigenvalue weighted by Gasteiger charge is -2.21. The standard InChI is InChI=1S/C24H36O5.CH2O2/c1-2-23(25)28-19-11-6-4-3-5-10-18-27-21-14-16-22(17-15-21)29-24(26)20-12-8-7-9-13-20;2-1-3/h2,14,16,20H,1,3-13,15,17-19H2;1H,(H,2,3). The van der Waals surface area contributed by atoms with Crippen molar-refractivity contribution in [1.82, 2.24) is 0 Å². The topological polar surface area (TPSA) is 99.1 Å². The summed E-state index contributed by atoms with van der Waals surface area (Å²) in [5, 5.41) is 6.89. The van der Waals surface area contributed by atoms with Crippen molar-refractivity contribution in [2.75, 3.05) is 13.2 Å². The minimum absolute atomic E-state index is 0.0485. The normalized spacial score (nSPS) is 15.9. The number of unbranched alkanes of at least 4 members (excludes halogenated alkanes) is 5. The maximum absolute atomic E-state index is 12.2. The largest absolute Gasteiger partial charge is 0.498 e. The quantitative estimate of drug-likeness (QED) is 0.172. The van der Waals surface area contributed by atoms with Gasteiger partial charge in [0.2, 0.25) is 0 Å². The van der Waals surface area contributed by atoms with Crippen molar-refractivity contribution >= 4 is 18.4 Å². The molecule has 0 radical (unpaired) electrons. The third kappa shape index (κ3) is 13.0. The number of esters is 2. The Bertz CT molecular complexity index is 630. The molecule has 1 fully saturated rings. The third-order valence-corrected chi connectivity index (χ3v) is 5.48. The Morgan fingerprint density at radius 2 is 1.50 bits per heavy atom. The van der Waals surface area contributed by atoms with Gasteiger partial charge < -0.3 is 19.3 Å². The first-order chi connectivity index (χ1) is 15.6. The fourth-order valence-electron chi connectivity index (χ4n) is 3.70. The van der Waals surface area contributed by atoms with Crippen LogP contribution in [0.4, 0.5) is 0 Å². The zero-order valence-electron chi connectivity index (χ0n) is 19.1. The second-order valence-corrected chi connectivity index (χ2v) is 7.97. The maximum Gasteiger partial charge on any atom is 0.330 e. The van der Waals surface area contributed by atoms with E-state index in [-0.39, 0.29) is 24.3 Å². The first-order valence-corrected chi connectivity index (χ1v) is 11.7. The van der Waals surface area contributed by atoms with Gasteiger partial charge in [-0.05, 0) is 37.8 Å². The van der Waals surface area contributed by atoms with Crippen LogP contribution in [0.2, 0.25) is 0 Å². The predicted molar refractivity (Wildman–Crippen MR) is 122 cm³/mol. The number of carbonyl (C=O) groups is 3. The molecule has 0 saturated heterocycles. The molecule has 1 saturated carbocycles. The highest BCUT2D eigenvalue weighted by Crippen LogP contribution is 2.27. The number of ether oxygens (including phenoxy) is 3. The van der Waals surface area contributed by atoms with Crippen molar-refractivity contribution in [2.45, 2.75) is 83.5 Å². The zero-order valence-corrected chi connectivity index (χ0v) is 19.1. The van der Waals surface area contributed by atoms with E-state index in [0.717, 1.165) is 88.8 Å². The van der Waals surface area contributed by atoms with Crippen LogP contribution in [0.5, 0.6) is 0 Å². The van der Waals surface area contributed by atoms with Crippen LogP contribution in [0.25, 0.3) is 0 Å². The van der Waals surface area contributed by atoms with E-state index in [1.54, 1.807) is 0 Å². The van der Waals surface area contributed by atoms with Gasteiger partial charge in [0, 0.05) is 18.9 Å². The number of carbonyl (C=O) groups excluding carboxylic acids is 2. The zero-order chi connectivity index (χ0) is 23.4. The van der Waals surface area contributed by atoms with Crippen molar-refractivity contribution in [3.05, 3.63) is 36.3 Å². The summed E-state index contributed by atoms with van der Waals surface area (Å²) < 4.78 is 16.4. The van der Waals surface area contributed by atoms with Gasteiger partial charge >= 0.3 is 11.9 Å². The summed E-state index contributed by atoms with van der Waals surface area (Å²) in [6.07, 6.45) is 18.5. The molecule has 7 heteroatoms. The van der Waals surface area contributed by atoms with Gasteiger partial charge in [-0.3, -0.25) is 9.59 Å². The maximum atomic E-state index is 12.2. The SMILES string of the molecule is C=CC(=O)OCCCCCCCCOC1=CC=C(OC(=O)C2CCCCC2)CC1.O=CO. The molecule has 0 aliphatic heterocycles. The lowest BCUT2D eigenvalue weighted by Crippen LogP contribution is -2.20. The molecule has 0 aromatic carbocycles. The average molecular weight is 451 g/mol. The summed E-state index contributed by atoms with van der Waals surface area (Å²) in [5.74, 6) is 1.45. The van der Waals surface area contributed by atoms with Gasteiger partial charge in [-0.15, -0.1) is 0 Å². The fourth-order valence-corrected chi connectivity index (χ4v) is 3.70. The average Bonchev–Trinajstić information content (AvgIpc) is 2.82. The predicted octanol–water partition coefficient (Wildman–Crippen LogP) is 5.46. The molecule has 1 N–H and O–H groups in total. The Morgan fingerprint density at radius 1 is 0.938 bits per heavy atom. The van der Waals surface area contributed by atoms with Gasteiger partial charge in [0.15, 0.2) is 0 Å². The van der Waals surface area contributed by atoms with Gasteiger partial charge in [-0.25, -0.2) is 4.79 Å². The Morgan fingerprint density at radius 3 is 2.09 bits per heavy atom. The molecule has 32 heavy (non-hydrogen) atoms. The van der Waals surface area contributed by atoms with Crippen LogP contribution in [0.1, 0.15) is 83.5 Å². The van der Waals surface area contributed by atoms with E-state index in [1.807, 2.05) is 12.2 Å². The summed E-state index contributed by atoms with van der Waals surface area (Å²) in [6, 6.07) is 0.